The molecular formula is C14H26NO6+. The van der Waals surface area contributed by atoms with Crippen LogP contribution in [0.4, 0.5) is 0 Å². The van der Waals surface area contributed by atoms with Crippen molar-refractivity contribution < 1.29 is 29.3 Å². The van der Waals surface area contributed by atoms with E-state index in [1.165, 1.54) is 6.92 Å². The van der Waals surface area contributed by atoms with Crippen LogP contribution in [0.3, 0.4) is 0 Å². The van der Waals surface area contributed by atoms with E-state index in [1.807, 2.05) is 6.92 Å². The van der Waals surface area contributed by atoms with Crippen molar-refractivity contribution in [3.05, 3.63) is 0 Å². The highest BCUT2D eigenvalue weighted by atomic mass is 16.6. The van der Waals surface area contributed by atoms with Crippen LogP contribution in [0.15, 0.2) is 0 Å². The second kappa shape index (κ2) is 7.20. The highest BCUT2D eigenvalue weighted by Gasteiger charge is 2.69. The maximum atomic E-state index is 12.6. The Labute approximate surface area is 124 Å². The molecule has 0 aromatic carbocycles. The number of carbonyl (C=O) groups is 1. The maximum absolute atomic E-state index is 12.6. The van der Waals surface area contributed by atoms with Crippen molar-refractivity contribution in [2.75, 3.05) is 13.2 Å². The summed E-state index contributed by atoms with van der Waals surface area (Å²) in [4.78, 5) is 24.1. The number of rotatable bonds is 6. The number of likely N-dealkylation sites (tertiary alicyclic amines) is 1. The average molecular weight is 304 g/mol. The van der Waals surface area contributed by atoms with Crippen molar-refractivity contribution in [3.63, 3.8) is 0 Å². The molecule has 0 amide bonds. The van der Waals surface area contributed by atoms with Crippen molar-refractivity contribution in [2.45, 2.75) is 58.5 Å². The van der Waals surface area contributed by atoms with Gasteiger partial charge in [0.25, 0.3) is 5.54 Å². The normalized spacial score (nSPS) is 31.0. The van der Waals surface area contributed by atoms with Crippen molar-refractivity contribution in [1.82, 2.24) is 4.90 Å². The van der Waals surface area contributed by atoms with E-state index in [2.05, 4.69) is 0 Å². The van der Waals surface area contributed by atoms with Gasteiger partial charge in [-0.15, -0.1) is 0 Å². The SMILES string of the molecule is CCOC(=O)C1(C(=[OH+])OCC)C(CC)CC(O)N1C(C)O. The van der Waals surface area contributed by atoms with Crippen LogP contribution in [0.25, 0.3) is 0 Å². The number of hydrogen-bond acceptors (Lipinski definition) is 6. The number of hydrogen-bond donors (Lipinski definition) is 2. The van der Waals surface area contributed by atoms with Gasteiger partial charge in [-0.25, -0.2) is 9.69 Å². The van der Waals surface area contributed by atoms with Crippen LogP contribution in [0.1, 0.15) is 40.5 Å². The fraction of sp³-hybridized carbons (Fsp3) is 0.857. The average Bonchev–Trinajstić information content (AvgIpc) is 2.72. The van der Waals surface area contributed by atoms with Crippen LogP contribution >= 0.6 is 0 Å². The van der Waals surface area contributed by atoms with E-state index in [4.69, 9.17) is 9.47 Å². The monoisotopic (exact) mass is 304 g/mol. The van der Waals surface area contributed by atoms with Gasteiger partial charge in [0.05, 0.1) is 6.61 Å². The van der Waals surface area contributed by atoms with Gasteiger partial charge in [0, 0.05) is 5.92 Å². The minimum atomic E-state index is -1.69. The molecule has 4 atom stereocenters. The van der Waals surface area contributed by atoms with E-state index < -0.39 is 35.9 Å². The topological polar surface area (TPSA) is 101 Å². The second-order valence-electron chi connectivity index (χ2n) is 5.09. The van der Waals surface area contributed by atoms with Gasteiger partial charge in [-0.05, 0) is 33.6 Å². The molecule has 0 bridgehead atoms. The highest BCUT2D eigenvalue weighted by Crippen LogP contribution is 2.43. The molecule has 0 saturated carbocycles. The van der Waals surface area contributed by atoms with Crippen molar-refractivity contribution in [2.24, 2.45) is 5.92 Å². The molecule has 3 N–H and O–H groups in total. The zero-order chi connectivity index (χ0) is 16.2. The van der Waals surface area contributed by atoms with Crippen LogP contribution in [-0.4, -0.2) is 63.1 Å². The van der Waals surface area contributed by atoms with Gasteiger partial charge in [-0.2, -0.15) is 0 Å². The van der Waals surface area contributed by atoms with Gasteiger partial charge in [0.15, 0.2) is 6.61 Å². The largest absolute Gasteiger partial charge is 0.516 e. The number of nitrogens with zero attached hydrogens (tertiary/aromatic N) is 1. The minimum Gasteiger partial charge on any atom is -0.464 e. The molecule has 0 aromatic heterocycles. The first-order valence-corrected chi connectivity index (χ1v) is 7.38. The molecule has 1 fully saturated rings. The van der Waals surface area contributed by atoms with E-state index in [0.717, 1.165) is 4.90 Å². The molecule has 1 heterocycles. The molecule has 0 spiro atoms. The van der Waals surface area contributed by atoms with Gasteiger partial charge in [-0.3, -0.25) is 0 Å². The fourth-order valence-corrected chi connectivity index (χ4v) is 3.12. The molecule has 0 aromatic rings. The summed E-state index contributed by atoms with van der Waals surface area (Å²) in [5.41, 5.74) is -1.69. The second-order valence-corrected chi connectivity index (χ2v) is 5.09. The van der Waals surface area contributed by atoms with E-state index in [-0.39, 0.29) is 19.6 Å². The number of ether oxygens (including phenoxy) is 2. The van der Waals surface area contributed by atoms with Gasteiger partial charge >= 0.3 is 11.9 Å². The lowest BCUT2D eigenvalue weighted by Gasteiger charge is -2.36. The molecular weight excluding hydrogens is 278 g/mol. The number of aliphatic hydroxyl groups excluding tert-OH is 2. The molecule has 1 aliphatic heterocycles. The van der Waals surface area contributed by atoms with E-state index in [1.54, 1.807) is 13.8 Å². The number of aliphatic hydroxyl groups is 2. The minimum absolute atomic E-state index is 0.125. The van der Waals surface area contributed by atoms with Gasteiger partial charge < -0.3 is 24.5 Å². The molecule has 1 saturated heterocycles. The molecule has 0 aliphatic carbocycles. The lowest BCUT2D eigenvalue weighted by Crippen LogP contribution is -2.65. The smallest absolute Gasteiger partial charge is 0.464 e. The summed E-state index contributed by atoms with van der Waals surface area (Å²) in [6.45, 7) is 6.88. The number of carbonyl (C=O) groups excluding carboxylic acids is 2. The van der Waals surface area contributed by atoms with Crippen LogP contribution < -0.4 is 0 Å². The third-order valence-electron chi connectivity index (χ3n) is 3.90. The Morgan fingerprint density at radius 1 is 1.38 bits per heavy atom. The molecule has 1 aliphatic rings. The first kappa shape index (κ1) is 17.9. The summed E-state index contributed by atoms with van der Waals surface area (Å²) in [7, 11) is 0. The van der Waals surface area contributed by atoms with Gasteiger partial charge in [0.2, 0.25) is 0 Å². The van der Waals surface area contributed by atoms with E-state index >= 15 is 0 Å². The van der Waals surface area contributed by atoms with Crippen LogP contribution in [0.2, 0.25) is 0 Å². The predicted octanol–water partition coefficient (Wildman–Crippen LogP) is 0.216. The standard InChI is InChI=1S/C14H25NO6/c1-5-10-8-11(17)15(9(4)16)14(10,12(18)20-6-2)13(19)21-7-3/h9-11,16-17H,5-8H2,1-4H3/p+1. The quantitative estimate of drug-likeness (QED) is 0.413. The van der Waals surface area contributed by atoms with Crippen molar-refractivity contribution in [3.8, 4) is 0 Å². The van der Waals surface area contributed by atoms with Gasteiger partial charge in [-0.1, -0.05) is 6.92 Å². The van der Waals surface area contributed by atoms with Crippen LogP contribution in [0.5, 0.6) is 0 Å². The van der Waals surface area contributed by atoms with Gasteiger partial charge in [0.1, 0.15) is 12.5 Å². The molecule has 7 heteroatoms. The summed E-state index contributed by atoms with van der Waals surface area (Å²) >= 11 is 0. The lowest BCUT2D eigenvalue weighted by atomic mass is 9.82. The molecule has 1 rings (SSSR count). The van der Waals surface area contributed by atoms with E-state index in [0.29, 0.717) is 6.42 Å². The summed E-state index contributed by atoms with van der Waals surface area (Å²) in [5.74, 6) is -1.68. The van der Waals surface area contributed by atoms with E-state index in [9.17, 15) is 19.8 Å². The zero-order valence-corrected chi connectivity index (χ0v) is 13.1. The molecule has 0 radical (unpaired) electrons. The van der Waals surface area contributed by atoms with Crippen molar-refractivity contribution in [1.29, 1.82) is 0 Å². The Bertz CT molecular complexity index is 366. The highest BCUT2D eigenvalue weighted by molar-refractivity contribution is 6.06. The Morgan fingerprint density at radius 3 is 2.38 bits per heavy atom. The Kier molecular flexibility index (Phi) is 6.12. The lowest BCUT2D eigenvalue weighted by molar-refractivity contribution is -0.170. The Balaban J connectivity index is 3.40. The summed E-state index contributed by atoms with van der Waals surface area (Å²) in [6.07, 6.45) is -1.47. The molecule has 122 valence electrons. The summed E-state index contributed by atoms with van der Waals surface area (Å²) in [5, 5.41) is 20.2. The molecule has 7 nitrogen and oxygen atoms in total. The third kappa shape index (κ3) is 2.90. The zero-order valence-electron chi connectivity index (χ0n) is 13.1. The van der Waals surface area contributed by atoms with Crippen LogP contribution in [-0.2, 0) is 14.3 Å². The predicted molar refractivity (Wildman–Crippen MR) is 75.9 cm³/mol. The third-order valence-corrected chi connectivity index (χ3v) is 3.90. The first-order chi connectivity index (χ1) is 9.87. The number of esters is 2. The van der Waals surface area contributed by atoms with Crippen LogP contribution in [0, 0.1) is 5.92 Å². The fourth-order valence-electron chi connectivity index (χ4n) is 3.12. The summed E-state index contributed by atoms with van der Waals surface area (Å²) in [6, 6.07) is 0. The Hall–Kier alpha value is -1.18. The summed E-state index contributed by atoms with van der Waals surface area (Å²) < 4.78 is 10.3. The maximum Gasteiger partial charge on any atom is 0.516 e. The molecule has 4 unspecified atom stereocenters. The van der Waals surface area contributed by atoms with Crippen molar-refractivity contribution >= 4 is 11.9 Å². The first-order valence-electron chi connectivity index (χ1n) is 7.38. The Morgan fingerprint density at radius 2 is 1.95 bits per heavy atom. The molecule has 21 heavy (non-hydrogen) atoms.